The number of rotatable bonds is 5. The minimum absolute atomic E-state index is 0.0176. The van der Waals surface area contributed by atoms with Crippen LogP contribution in [0.2, 0.25) is 0 Å². The lowest BCUT2D eigenvalue weighted by Crippen LogP contribution is -2.16. The molecule has 5 nitrogen and oxygen atoms in total. The van der Waals surface area contributed by atoms with Gasteiger partial charge in [0.1, 0.15) is 0 Å². The van der Waals surface area contributed by atoms with Gasteiger partial charge in [-0.3, -0.25) is 4.79 Å². The molecule has 0 aliphatic carbocycles. The Labute approximate surface area is 107 Å². The lowest BCUT2D eigenvalue weighted by atomic mass is 10.2. The van der Waals surface area contributed by atoms with Crippen molar-refractivity contribution in [2.75, 3.05) is 5.32 Å². The molecule has 3 N–H and O–H groups in total. The Morgan fingerprint density at radius 3 is 2.72 bits per heavy atom. The molecular formula is C12H16N2O3S. The van der Waals surface area contributed by atoms with Crippen molar-refractivity contribution >= 4 is 21.6 Å². The van der Waals surface area contributed by atoms with Gasteiger partial charge in [0.2, 0.25) is 15.9 Å². The number of benzene rings is 1. The molecule has 1 aromatic carbocycles. The summed E-state index contributed by atoms with van der Waals surface area (Å²) in [6, 6.07) is 4.58. The number of hydrogen-bond donors (Lipinski definition) is 2. The monoisotopic (exact) mass is 268 g/mol. The molecule has 1 aromatic rings. The van der Waals surface area contributed by atoms with E-state index < -0.39 is 10.0 Å². The van der Waals surface area contributed by atoms with Gasteiger partial charge in [-0.2, -0.15) is 0 Å². The Kier molecular flexibility index (Phi) is 4.63. The second kappa shape index (κ2) is 5.79. The number of nitrogens with two attached hydrogens (primary N) is 1. The quantitative estimate of drug-likeness (QED) is 0.794. The van der Waals surface area contributed by atoms with Crippen molar-refractivity contribution in [3.8, 4) is 0 Å². The van der Waals surface area contributed by atoms with E-state index in [0.717, 1.165) is 0 Å². The Balaban J connectivity index is 2.98. The van der Waals surface area contributed by atoms with Crippen LogP contribution in [0.25, 0.3) is 0 Å². The van der Waals surface area contributed by atoms with Gasteiger partial charge >= 0.3 is 0 Å². The van der Waals surface area contributed by atoms with Crippen LogP contribution >= 0.6 is 0 Å². The van der Waals surface area contributed by atoms with E-state index in [1.807, 2.05) is 0 Å². The van der Waals surface area contributed by atoms with E-state index in [-0.39, 0.29) is 10.8 Å². The number of nitrogens with one attached hydrogen (secondary N) is 1. The van der Waals surface area contributed by atoms with Gasteiger partial charge in [0.15, 0.2) is 0 Å². The summed E-state index contributed by atoms with van der Waals surface area (Å²) >= 11 is 0. The third kappa shape index (κ3) is 3.68. The van der Waals surface area contributed by atoms with Crippen LogP contribution in [0.1, 0.15) is 18.4 Å². The number of allylic oxidation sites excluding steroid dienone is 1. The van der Waals surface area contributed by atoms with Crippen LogP contribution in [0, 0.1) is 6.92 Å². The molecule has 18 heavy (non-hydrogen) atoms. The number of amides is 1. The molecule has 0 unspecified atom stereocenters. The summed E-state index contributed by atoms with van der Waals surface area (Å²) < 4.78 is 22.6. The van der Waals surface area contributed by atoms with Gasteiger partial charge in [-0.05, 0) is 31.0 Å². The topological polar surface area (TPSA) is 89.3 Å². The predicted octanol–water partition coefficient (Wildman–Crippen LogP) is 1.55. The third-order valence-electron chi connectivity index (χ3n) is 2.44. The molecule has 0 aliphatic rings. The highest BCUT2D eigenvalue weighted by atomic mass is 32.2. The summed E-state index contributed by atoms with van der Waals surface area (Å²) in [5.41, 5.74) is 0.891. The predicted molar refractivity (Wildman–Crippen MR) is 70.6 cm³/mol. The van der Waals surface area contributed by atoms with E-state index in [1.54, 1.807) is 19.1 Å². The van der Waals surface area contributed by atoms with Crippen LogP contribution in [0.5, 0.6) is 0 Å². The van der Waals surface area contributed by atoms with Crippen molar-refractivity contribution in [2.45, 2.75) is 24.7 Å². The molecule has 0 atom stereocenters. The van der Waals surface area contributed by atoms with Crippen molar-refractivity contribution < 1.29 is 13.2 Å². The maximum absolute atomic E-state index is 11.5. The largest absolute Gasteiger partial charge is 0.326 e. The molecule has 1 rings (SSSR count). The summed E-state index contributed by atoms with van der Waals surface area (Å²) in [5.74, 6) is -0.190. The zero-order chi connectivity index (χ0) is 13.8. The fourth-order valence-electron chi connectivity index (χ4n) is 1.50. The second-order valence-corrected chi connectivity index (χ2v) is 5.38. The maximum Gasteiger partial charge on any atom is 0.238 e. The van der Waals surface area contributed by atoms with E-state index in [0.29, 0.717) is 24.1 Å². The van der Waals surface area contributed by atoms with Gasteiger partial charge in [-0.1, -0.05) is 12.1 Å². The number of carbonyl (C=O) groups is 1. The van der Waals surface area contributed by atoms with Gasteiger partial charge < -0.3 is 5.32 Å². The van der Waals surface area contributed by atoms with E-state index in [9.17, 15) is 13.2 Å². The highest BCUT2D eigenvalue weighted by Crippen LogP contribution is 2.22. The first kappa shape index (κ1) is 14.4. The first-order valence-electron chi connectivity index (χ1n) is 5.39. The number of hydrogen-bond acceptors (Lipinski definition) is 3. The average molecular weight is 268 g/mol. The van der Waals surface area contributed by atoms with Crippen molar-refractivity contribution in [2.24, 2.45) is 5.14 Å². The van der Waals surface area contributed by atoms with Crippen molar-refractivity contribution in [3.63, 3.8) is 0 Å². The number of anilines is 1. The molecule has 0 fully saturated rings. The van der Waals surface area contributed by atoms with Crippen LogP contribution in [-0.4, -0.2) is 14.3 Å². The Morgan fingerprint density at radius 1 is 1.50 bits per heavy atom. The molecule has 0 spiro atoms. The molecule has 0 heterocycles. The molecule has 98 valence electrons. The molecule has 1 amide bonds. The van der Waals surface area contributed by atoms with Crippen LogP contribution < -0.4 is 10.5 Å². The molecular weight excluding hydrogens is 252 g/mol. The first-order chi connectivity index (χ1) is 8.36. The van der Waals surface area contributed by atoms with Gasteiger partial charge in [-0.15, -0.1) is 6.58 Å². The lowest BCUT2D eigenvalue weighted by molar-refractivity contribution is -0.116. The minimum Gasteiger partial charge on any atom is -0.326 e. The Bertz CT molecular complexity index is 565. The average Bonchev–Trinajstić information content (AvgIpc) is 2.27. The summed E-state index contributed by atoms with van der Waals surface area (Å²) in [6.45, 7) is 5.13. The smallest absolute Gasteiger partial charge is 0.238 e. The van der Waals surface area contributed by atoms with E-state index >= 15 is 0 Å². The van der Waals surface area contributed by atoms with E-state index in [1.165, 1.54) is 12.1 Å². The molecule has 0 aromatic heterocycles. The number of primary sulfonamides is 1. The summed E-state index contributed by atoms with van der Waals surface area (Å²) in [6.07, 6.45) is 2.52. The fourth-order valence-corrected chi connectivity index (χ4v) is 2.31. The molecule has 0 aliphatic heterocycles. The Hall–Kier alpha value is -1.66. The standard InChI is InChI=1S/C12H16N2O3S/c1-3-4-8-12(15)14-10-6-5-7-11(9(10)2)18(13,16)17/h3,5-7H,1,4,8H2,2H3,(H,14,15)(H2,13,16,17). The Morgan fingerprint density at radius 2 is 2.17 bits per heavy atom. The van der Waals surface area contributed by atoms with Gasteiger partial charge in [0.05, 0.1) is 4.90 Å². The molecule has 0 bridgehead atoms. The first-order valence-corrected chi connectivity index (χ1v) is 6.94. The van der Waals surface area contributed by atoms with Crippen LogP contribution in [-0.2, 0) is 14.8 Å². The normalized spacial score (nSPS) is 11.0. The number of carbonyl (C=O) groups excluding carboxylic acids is 1. The fraction of sp³-hybridized carbons (Fsp3) is 0.250. The SMILES string of the molecule is C=CCCC(=O)Nc1cccc(S(N)(=O)=O)c1C. The van der Waals surface area contributed by atoms with Crippen LogP contribution in [0.3, 0.4) is 0 Å². The zero-order valence-corrected chi connectivity index (χ0v) is 11.0. The minimum atomic E-state index is -3.78. The summed E-state index contributed by atoms with van der Waals surface area (Å²) in [4.78, 5) is 11.6. The summed E-state index contributed by atoms with van der Waals surface area (Å²) in [7, 11) is -3.78. The van der Waals surface area contributed by atoms with Crippen molar-refractivity contribution in [3.05, 3.63) is 36.4 Å². The van der Waals surface area contributed by atoms with Gasteiger partial charge in [0, 0.05) is 12.1 Å². The second-order valence-electron chi connectivity index (χ2n) is 3.85. The summed E-state index contributed by atoms with van der Waals surface area (Å²) in [5, 5.41) is 7.73. The molecule has 0 radical (unpaired) electrons. The van der Waals surface area contributed by atoms with Gasteiger partial charge in [0.25, 0.3) is 0 Å². The third-order valence-corrected chi connectivity index (χ3v) is 3.50. The van der Waals surface area contributed by atoms with Crippen LogP contribution in [0.4, 0.5) is 5.69 Å². The van der Waals surface area contributed by atoms with Crippen LogP contribution in [0.15, 0.2) is 35.7 Å². The van der Waals surface area contributed by atoms with E-state index in [2.05, 4.69) is 11.9 Å². The zero-order valence-electron chi connectivity index (χ0n) is 10.1. The molecule has 6 heteroatoms. The highest BCUT2D eigenvalue weighted by Gasteiger charge is 2.14. The van der Waals surface area contributed by atoms with E-state index in [4.69, 9.17) is 5.14 Å². The van der Waals surface area contributed by atoms with Crippen molar-refractivity contribution in [1.82, 2.24) is 0 Å². The maximum atomic E-state index is 11.5. The molecule has 0 saturated carbocycles. The molecule has 0 saturated heterocycles. The van der Waals surface area contributed by atoms with Crippen molar-refractivity contribution in [1.29, 1.82) is 0 Å². The van der Waals surface area contributed by atoms with Gasteiger partial charge in [-0.25, -0.2) is 13.6 Å². The number of sulfonamides is 1. The highest BCUT2D eigenvalue weighted by molar-refractivity contribution is 7.89. The lowest BCUT2D eigenvalue weighted by Gasteiger charge is -2.10.